The molecule has 1 aliphatic rings. The highest BCUT2D eigenvalue weighted by molar-refractivity contribution is 4.77. The van der Waals surface area contributed by atoms with Crippen molar-refractivity contribution in [1.82, 2.24) is 5.32 Å². The topological polar surface area (TPSA) is 12.0 Å². The largest absolute Gasteiger partial charge is 0.316 e. The van der Waals surface area contributed by atoms with E-state index < -0.39 is 0 Å². The van der Waals surface area contributed by atoms with Gasteiger partial charge in [-0.2, -0.15) is 0 Å². The molecule has 2 unspecified atom stereocenters. The zero-order chi connectivity index (χ0) is 10.2. The van der Waals surface area contributed by atoms with Crippen molar-refractivity contribution in [3.63, 3.8) is 0 Å². The maximum Gasteiger partial charge on any atom is -0.00179 e. The summed E-state index contributed by atoms with van der Waals surface area (Å²) in [5, 5.41) is 3.54. The highest BCUT2D eigenvalue weighted by Crippen LogP contribution is 2.26. The normalized spacial score (nSPS) is 27.9. The van der Waals surface area contributed by atoms with E-state index in [0.717, 1.165) is 11.8 Å². The van der Waals surface area contributed by atoms with Crippen LogP contribution >= 0.6 is 0 Å². The lowest BCUT2D eigenvalue weighted by Crippen LogP contribution is -2.36. The highest BCUT2D eigenvalue weighted by Gasteiger charge is 2.22. The summed E-state index contributed by atoms with van der Waals surface area (Å²) in [6, 6.07) is 0. The molecular formula is C13H27N. The van der Waals surface area contributed by atoms with Gasteiger partial charge in [-0.3, -0.25) is 0 Å². The van der Waals surface area contributed by atoms with Crippen LogP contribution < -0.4 is 5.32 Å². The van der Waals surface area contributed by atoms with Gasteiger partial charge in [0.2, 0.25) is 0 Å². The summed E-state index contributed by atoms with van der Waals surface area (Å²) in [7, 11) is 0. The molecule has 0 aromatic carbocycles. The van der Waals surface area contributed by atoms with Crippen LogP contribution in [0.3, 0.4) is 0 Å². The molecule has 1 heteroatoms. The van der Waals surface area contributed by atoms with Gasteiger partial charge in [-0.1, -0.05) is 46.0 Å². The average molecular weight is 197 g/mol. The van der Waals surface area contributed by atoms with Gasteiger partial charge in [-0.15, -0.1) is 0 Å². The second kappa shape index (κ2) is 7.28. The van der Waals surface area contributed by atoms with Crippen molar-refractivity contribution in [2.45, 2.75) is 58.8 Å². The molecule has 1 fully saturated rings. The van der Waals surface area contributed by atoms with Crippen molar-refractivity contribution in [1.29, 1.82) is 0 Å². The van der Waals surface area contributed by atoms with Gasteiger partial charge in [0.25, 0.3) is 0 Å². The molecule has 0 aromatic heterocycles. The Hall–Kier alpha value is -0.0400. The fourth-order valence-corrected chi connectivity index (χ4v) is 2.69. The molecule has 14 heavy (non-hydrogen) atoms. The molecule has 0 aliphatic carbocycles. The first-order chi connectivity index (χ1) is 6.88. The maximum atomic E-state index is 3.54. The molecule has 0 bridgehead atoms. The summed E-state index contributed by atoms with van der Waals surface area (Å²) >= 11 is 0. The number of piperidine rings is 1. The lowest BCUT2D eigenvalue weighted by Gasteiger charge is -2.31. The van der Waals surface area contributed by atoms with Crippen LogP contribution in [0.4, 0.5) is 0 Å². The van der Waals surface area contributed by atoms with Crippen molar-refractivity contribution >= 4 is 0 Å². The van der Waals surface area contributed by atoms with Crippen LogP contribution in [-0.4, -0.2) is 13.1 Å². The Kier molecular flexibility index (Phi) is 6.25. The van der Waals surface area contributed by atoms with E-state index in [1.165, 1.54) is 58.0 Å². The van der Waals surface area contributed by atoms with Crippen LogP contribution in [0, 0.1) is 11.8 Å². The van der Waals surface area contributed by atoms with Gasteiger partial charge in [0.05, 0.1) is 0 Å². The number of rotatable bonds is 6. The first kappa shape index (κ1) is 12.0. The quantitative estimate of drug-likeness (QED) is 0.642. The minimum atomic E-state index is 0.977. The second-order valence-electron chi connectivity index (χ2n) is 4.77. The summed E-state index contributed by atoms with van der Waals surface area (Å²) in [4.78, 5) is 0. The zero-order valence-corrected chi connectivity index (χ0v) is 10.0. The van der Waals surface area contributed by atoms with Crippen molar-refractivity contribution < 1.29 is 0 Å². The third-order valence-electron chi connectivity index (χ3n) is 3.72. The van der Waals surface area contributed by atoms with E-state index in [-0.39, 0.29) is 0 Å². The molecule has 1 aliphatic heterocycles. The molecule has 1 heterocycles. The lowest BCUT2D eigenvalue weighted by molar-refractivity contribution is 0.229. The molecule has 1 nitrogen and oxygen atoms in total. The smallest absolute Gasteiger partial charge is 0.00179 e. The van der Waals surface area contributed by atoms with Crippen LogP contribution in [0.5, 0.6) is 0 Å². The Balaban J connectivity index is 2.13. The predicted octanol–water partition coefficient (Wildman–Crippen LogP) is 3.59. The van der Waals surface area contributed by atoms with E-state index in [0.29, 0.717) is 0 Å². The molecule has 0 saturated carbocycles. The molecule has 84 valence electrons. The Morgan fingerprint density at radius 2 is 1.93 bits per heavy atom. The second-order valence-corrected chi connectivity index (χ2v) is 4.77. The predicted molar refractivity (Wildman–Crippen MR) is 63.5 cm³/mol. The maximum absolute atomic E-state index is 3.54. The van der Waals surface area contributed by atoms with Gasteiger partial charge in [0.15, 0.2) is 0 Å². The van der Waals surface area contributed by atoms with Crippen molar-refractivity contribution in [3.8, 4) is 0 Å². The van der Waals surface area contributed by atoms with Crippen LogP contribution in [-0.2, 0) is 0 Å². The minimum absolute atomic E-state index is 0.977. The summed E-state index contributed by atoms with van der Waals surface area (Å²) in [5.74, 6) is 1.99. The minimum Gasteiger partial charge on any atom is -0.316 e. The third-order valence-corrected chi connectivity index (χ3v) is 3.72. The Morgan fingerprint density at radius 3 is 2.64 bits per heavy atom. The summed E-state index contributed by atoms with van der Waals surface area (Å²) in [6.07, 6.45) is 9.96. The number of unbranched alkanes of at least 4 members (excludes halogenated alkanes) is 3. The van der Waals surface area contributed by atoms with Gasteiger partial charge < -0.3 is 5.32 Å². The SMILES string of the molecule is CCCCCCC1CNCCC1CC. The first-order valence-corrected chi connectivity index (χ1v) is 6.59. The molecule has 0 aromatic rings. The molecule has 0 amide bonds. The monoisotopic (exact) mass is 197 g/mol. The Morgan fingerprint density at radius 1 is 1.07 bits per heavy atom. The van der Waals surface area contributed by atoms with Gasteiger partial charge in [0.1, 0.15) is 0 Å². The Labute approximate surface area is 89.7 Å². The van der Waals surface area contributed by atoms with E-state index in [1.54, 1.807) is 0 Å². The van der Waals surface area contributed by atoms with E-state index in [4.69, 9.17) is 0 Å². The summed E-state index contributed by atoms with van der Waals surface area (Å²) < 4.78 is 0. The fourth-order valence-electron chi connectivity index (χ4n) is 2.69. The molecule has 2 atom stereocenters. The number of hydrogen-bond acceptors (Lipinski definition) is 1. The fraction of sp³-hybridized carbons (Fsp3) is 1.00. The highest BCUT2D eigenvalue weighted by atomic mass is 14.9. The lowest BCUT2D eigenvalue weighted by atomic mass is 9.81. The van der Waals surface area contributed by atoms with E-state index >= 15 is 0 Å². The first-order valence-electron chi connectivity index (χ1n) is 6.59. The molecule has 1 N–H and O–H groups in total. The van der Waals surface area contributed by atoms with E-state index in [9.17, 15) is 0 Å². The Bertz CT molecular complexity index is 133. The summed E-state index contributed by atoms with van der Waals surface area (Å²) in [5.41, 5.74) is 0. The molecule has 0 radical (unpaired) electrons. The number of nitrogens with one attached hydrogen (secondary N) is 1. The van der Waals surface area contributed by atoms with Crippen molar-refractivity contribution in [2.75, 3.05) is 13.1 Å². The third kappa shape index (κ3) is 4.00. The van der Waals surface area contributed by atoms with Crippen LogP contribution in [0.2, 0.25) is 0 Å². The standard InChI is InChI=1S/C13H27N/c1-3-5-6-7-8-13-11-14-10-9-12(13)4-2/h12-14H,3-11H2,1-2H3. The van der Waals surface area contributed by atoms with E-state index in [1.807, 2.05) is 0 Å². The van der Waals surface area contributed by atoms with Crippen molar-refractivity contribution in [3.05, 3.63) is 0 Å². The van der Waals surface area contributed by atoms with Crippen LogP contribution in [0.1, 0.15) is 58.8 Å². The molecule has 1 rings (SSSR count). The molecular weight excluding hydrogens is 170 g/mol. The van der Waals surface area contributed by atoms with Gasteiger partial charge in [0, 0.05) is 0 Å². The van der Waals surface area contributed by atoms with Crippen molar-refractivity contribution in [2.24, 2.45) is 11.8 Å². The molecule has 1 saturated heterocycles. The zero-order valence-electron chi connectivity index (χ0n) is 10.0. The molecule has 0 spiro atoms. The average Bonchev–Trinajstić information content (AvgIpc) is 2.25. The van der Waals surface area contributed by atoms with Crippen LogP contribution in [0.25, 0.3) is 0 Å². The van der Waals surface area contributed by atoms with E-state index in [2.05, 4.69) is 19.2 Å². The van der Waals surface area contributed by atoms with Gasteiger partial charge >= 0.3 is 0 Å². The van der Waals surface area contributed by atoms with Gasteiger partial charge in [-0.05, 0) is 37.8 Å². The van der Waals surface area contributed by atoms with Gasteiger partial charge in [-0.25, -0.2) is 0 Å². The number of hydrogen-bond donors (Lipinski definition) is 1. The summed E-state index contributed by atoms with van der Waals surface area (Å²) in [6.45, 7) is 7.18. The van der Waals surface area contributed by atoms with Crippen LogP contribution in [0.15, 0.2) is 0 Å².